The van der Waals surface area contributed by atoms with Crippen LogP contribution in [0, 0.1) is 0 Å². The van der Waals surface area contributed by atoms with E-state index < -0.39 is 5.60 Å². The molecule has 1 aliphatic rings. The van der Waals surface area contributed by atoms with Gasteiger partial charge in [0.2, 0.25) is 0 Å². The van der Waals surface area contributed by atoms with Gasteiger partial charge in [0.15, 0.2) is 0 Å². The summed E-state index contributed by atoms with van der Waals surface area (Å²) in [6.07, 6.45) is 1.36. The lowest BCUT2D eigenvalue weighted by atomic mass is 9.98. The molecule has 22 heavy (non-hydrogen) atoms. The van der Waals surface area contributed by atoms with Gasteiger partial charge in [-0.3, -0.25) is 0 Å². The van der Waals surface area contributed by atoms with Crippen molar-refractivity contribution in [3.8, 4) is 0 Å². The first-order chi connectivity index (χ1) is 10.3. The first kappa shape index (κ1) is 16.3. The van der Waals surface area contributed by atoms with Crippen LogP contribution in [0.1, 0.15) is 55.6 Å². The number of hydrogen-bond acceptors (Lipinski definition) is 4. The predicted molar refractivity (Wildman–Crippen MR) is 82.7 cm³/mol. The van der Waals surface area contributed by atoms with Crippen molar-refractivity contribution in [1.82, 2.24) is 4.90 Å². The zero-order valence-corrected chi connectivity index (χ0v) is 13.6. The van der Waals surface area contributed by atoms with Crippen LogP contribution in [0.2, 0.25) is 0 Å². The van der Waals surface area contributed by atoms with Crippen LogP contribution in [-0.2, 0) is 9.47 Å². The fourth-order valence-electron chi connectivity index (χ4n) is 2.71. The maximum atomic E-state index is 12.4. The predicted octanol–water partition coefficient (Wildman–Crippen LogP) is 3.55. The first-order valence-corrected chi connectivity index (χ1v) is 7.50. The van der Waals surface area contributed by atoms with E-state index in [0.717, 1.165) is 18.4 Å². The fourth-order valence-corrected chi connectivity index (χ4v) is 2.71. The molecule has 0 N–H and O–H groups in total. The highest BCUT2D eigenvalue weighted by Gasteiger charge is 2.35. The van der Waals surface area contributed by atoms with Gasteiger partial charge < -0.3 is 14.4 Å². The largest absolute Gasteiger partial charge is 0.465 e. The summed E-state index contributed by atoms with van der Waals surface area (Å²) in [5.74, 6) is -0.383. The summed E-state index contributed by atoms with van der Waals surface area (Å²) in [6, 6.07) is 7.12. The lowest BCUT2D eigenvalue weighted by molar-refractivity contribution is 0.0221. The lowest BCUT2D eigenvalue weighted by Crippen LogP contribution is -2.36. The second kappa shape index (κ2) is 6.38. The molecular weight excluding hydrogens is 282 g/mol. The van der Waals surface area contributed by atoms with Gasteiger partial charge >= 0.3 is 12.1 Å². The number of amides is 1. The Labute approximate surface area is 131 Å². The molecule has 0 bridgehead atoms. The van der Waals surface area contributed by atoms with Gasteiger partial charge in [-0.2, -0.15) is 0 Å². The maximum Gasteiger partial charge on any atom is 0.410 e. The minimum atomic E-state index is -0.536. The number of methoxy groups -OCH3 is 1. The average molecular weight is 305 g/mol. The molecule has 0 radical (unpaired) electrons. The highest BCUT2D eigenvalue weighted by Crippen LogP contribution is 2.35. The molecule has 0 saturated carbocycles. The Bertz CT molecular complexity index is 562. The van der Waals surface area contributed by atoms with Crippen LogP contribution >= 0.6 is 0 Å². The minimum absolute atomic E-state index is 0.148. The Morgan fingerprint density at radius 1 is 1.23 bits per heavy atom. The Morgan fingerprint density at radius 2 is 1.91 bits per heavy atom. The van der Waals surface area contributed by atoms with E-state index in [0.29, 0.717) is 12.1 Å². The Balaban J connectivity index is 2.28. The summed E-state index contributed by atoms with van der Waals surface area (Å²) < 4.78 is 10.3. The number of benzene rings is 1. The van der Waals surface area contributed by atoms with Crippen LogP contribution in [-0.4, -0.2) is 36.2 Å². The number of hydrogen-bond donors (Lipinski definition) is 0. The van der Waals surface area contributed by atoms with Crippen LogP contribution in [0.15, 0.2) is 24.3 Å². The summed E-state index contributed by atoms with van der Waals surface area (Å²) >= 11 is 0. The molecule has 5 nitrogen and oxygen atoms in total. The number of carbonyl (C=O) groups is 2. The van der Waals surface area contributed by atoms with E-state index in [2.05, 4.69) is 0 Å². The van der Waals surface area contributed by atoms with Gasteiger partial charge in [0, 0.05) is 6.54 Å². The molecule has 120 valence electrons. The molecule has 0 spiro atoms. The lowest BCUT2D eigenvalue weighted by Gasteiger charge is -2.29. The molecule has 1 aromatic carbocycles. The van der Waals surface area contributed by atoms with Gasteiger partial charge in [-0.25, -0.2) is 9.59 Å². The van der Waals surface area contributed by atoms with Gasteiger partial charge in [0.05, 0.1) is 18.7 Å². The van der Waals surface area contributed by atoms with Gasteiger partial charge in [0.1, 0.15) is 5.60 Å². The zero-order valence-electron chi connectivity index (χ0n) is 13.6. The molecule has 2 rings (SSSR count). The molecule has 0 aromatic heterocycles. The van der Waals surface area contributed by atoms with Crippen LogP contribution in [0.4, 0.5) is 4.79 Å². The minimum Gasteiger partial charge on any atom is -0.465 e. The third kappa shape index (κ3) is 3.59. The molecule has 5 heteroatoms. The number of esters is 1. The molecular formula is C17H23NO4. The van der Waals surface area contributed by atoms with Crippen molar-refractivity contribution in [3.05, 3.63) is 35.4 Å². The number of rotatable bonds is 2. The van der Waals surface area contributed by atoms with Crippen molar-refractivity contribution in [2.24, 2.45) is 0 Å². The van der Waals surface area contributed by atoms with E-state index in [1.165, 1.54) is 7.11 Å². The SMILES string of the molecule is COC(=O)c1ccccc1[C@H]1CCCN1C(=O)OC(C)(C)C. The topological polar surface area (TPSA) is 55.8 Å². The van der Waals surface area contributed by atoms with Crippen LogP contribution in [0.25, 0.3) is 0 Å². The van der Waals surface area contributed by atoms with Crippen molar-refractivity contribution in [3.63, 3.8) is 0 Å². The monoisotopic (exact) mass is 305 g/mol. The third-order valence-electron chi connectivity index (χ3n) is 3.61. The van der Waals surface area contributed by atoms with Gasteiger partial charge in [-0.15, -0.1) is 0 Å². The van der Waals surface area contributed by atoms with Gasteiger partial charge in [-0.05, 0) is 45.2 Å². The standard InChI is InChI=1S/C17H23NO4/c1-17(2,3)22-16(20)18-11-7-10-14(18)12-8-5-6-9-13(12)15(19)21-4/h5-6,8-9,14H,7,10-11H2,1-4H3/t14-/m1/s1. The Morgan fingerprint density at radius 3 is 2.55 bits per heavy atom. The van der Waals surface area contributed by atoms with Crippen LogP contribution in [0.3, 0.4) is 0 Å². The second-order valence-electron chi connectivity index (χ2n) is 6.41. The van der Waals surface area contributed by atoms with Crippen molar-refractivity contribution in [1.29, 1.82) is 0 Å². The second-order valence-corrected chi connectivity index (χ2v) is 6.41. The smallest absolute Gasteiger partial charge is 0.410 e. The van der Waals surface area contributed by atoms with E-state index in [1.54, 1.807) is 17.0 Å². The summed E-state index contributed by atoms with van der Waals surface area (Å²) in [5, 5.41) is 0. The van der Waals surface area contributed by atoms with Crippen LogP contribution in [0.5, 0.6) is 0 Å². The molecule has 1 fully saturated rings. The highest BCUT2D eigenvalue weighted by molar-refractivity contribution is 5.91. The average Bonchev–Trinajstić information content (AvgIpc) is 2.94. The summed E-state index contributed by atoms with van der Waals surface area (Å²) in [4.78, 5) is 26.0. The number of likely N-dealkylation sites (tertiary alicyclic amines) is 1. The maximum absolute atomic E-state index is 12.4. The van der Waals surface area contributed by atoms with Crippen LogP contribution < -0.4 is 0 Å². The van der Waals surface area contributed by atoms with E-state index in [-0.39, 0.29) is 18.1 Å². The van der Waals surface area contributed by atoms with Crippen molar-refractivity contribution in [2.75, 3.05) is 13.7 Å². The van der Waals surface area contributed by atoms with E-state index in [1.807, 2.05) is 32.9 Å². The molecule has 0 unspecified atom stereocenters. The molecule has 1 atom stereocenters. The Hall–Kier alpha value is -2.04. The Kier molecular flexibility index (Phi) is 4.74. The summed E-state index contributed by atoms with van der Waals surface area (Å²) in [5.41, 5.74) is 0.787. The quantitative estimate of drug-likeness (QED) is 0.784. The summed E-state index contributed by atoms with van der Waals surface area (Å²) in [7, 11) is 1.36. The highest BCUT2D eigenvalue weighted by atomic mass is 16.6. The van der Waals surface area contributed by atoms with Crippen molar-refractivity contribution >= 4 is 12.1 Å². The van der Waals surface area contributed by atoms with E-state index in [9.17, 15) is 9.59 Å². The van der Waals surface area contributed by atoms with Gasteiger partial charge in [-0.1, -0.05) is 18.2 Å². The van der Waals surface area contributed by atoms with Crippen molar-refractivity contribution in [2.45, 2.75) is 45.3 Å². The molecule has 1 saturated heterocycles. The molecule has 0 aliphatic carbocycles. The number of nitrogens with zero attached hydrogens (tertiary/aromatic N) is 1. The number of ether oxygens (including phenoxy) is 2. The van der Waals surface area contributed by atoms with E-state index >= 15 is 0 Å². The summed E-state index contributed by atoms with van der Waals surface area (Å²) in [6.45, 7) is 6.17. The van der Waals surface area contributed by atoms with E-state index in [4.69, 9.17) is 9.47 Å². The van der Waals surface area contributed by atoms with Crippen molar-refractivity contribution < 1.29 is 19.1 Å². The molecule has 1 aromatic rings. The normalized spacial score (nSPS) is 18.2. The fraction of sp³-hybridized carbons (Fsp3) is 0.529. The van der Waals surface area contributed by atoms with Gasteiger partial charge in [0.25, 0.3) is 0 Å². The molecule has 1 aliphatic heterocycles. The number of carbonyl (C=O) groups excluding carboxylic acids is 2. The molecule has 1 amide bonds. The first-order valence-electron chi connectivity index (χ1n) is 7.50. The third-order valence-corrected chi connectivity index (χ3v) is 3.61. The zero-order chi connectivity index (χ0) is 16.3. The molecule has 1 heterocycles.